The molecule has 20 heteroatoms. The number of amides is 4. The molecule has 15 rings (SSSR count). The number of fused-ring (bicyclic) bond motifs is 2. The van der Waals surface area contributed by atoms with Crippen molar-refractivity contribution in [3.63, 3.8) is 0 Å². The number of benzene rings is 9. The number of carbonyl (C=O) groups excluding carboxylic acids is 6. The second-order valence-electron chi connectivity index (χ2n) is 28.2. The number of hydrogen-bond acceptors (Lipinski definition) is 18. The number of nitrogens with zero attached hydrogens (tertiary/aromatic N) is 2. The molecule has 2 N–H and O–H groups in total. The van der Waals surface area contributed by atoms with Crippen LogP contribution >= 0.6 is 22.7 Å². The zero-order valence-corrected chi connectivity index (χ0v) is 60.8. The lowest BCUT2D eigenvalue weighted by atomic mass is 9.80. The van der Waals surface area contributed by atoms with E-state index in [1.165, 1.54) is 22.7 Å². The fourth-order valence-corrected chi connectivity index (χ4v) is 15.4. The minimum absolute atomic E-state index is 0.0150. The summed E-state index contributed by atoms with van der Waals surface area (Å²) in [7, 11) is 0. The van der Waals surface area contributed by atoms with Crippen molar-refractivity contribution in [2.24, 2.45) is 0 Å². The minimum atomic E-state index is -1.45. The third-order valence-corrected chi connectivity index (χ3v) is 21.6. The molecule has 0 saturated carbocycles. The van der Waals surface area contributed by atoms with Crippen LogP contribution in [-0.4, -0.2) is 122 Å². The quantitative estimate of drug-likeness (QED) is 0.0107. The second kappa shape index (κ2) is 29.2. The Hall–Kier alpha value is -10.1. The van der Waals surface area contributed by atoms with Gasteiger partial charge in [0, 0.05) is 91.9 Å². The van der Waals surface area contributed by atoms with Gasteiger partial charge in [0.25, 0.3) is 23.6 Å². The molecule has 4 amide bonds. The number of epoxide rings is 2. The minimum Gasteiger partial charge on any atom is -0.463 e. The Morgan fingerprint density at radius 2 is 0.692 bits per heavy atom. The molecule has 4 unspecified atom stereocenters. The van der Waals surface area contributed by atoms with Gasteiger partial charge < -0.3 is 48.5 Å². The number of carbonyl (C=O) groups is 6. The van der Waals surface area contributed by atoms with Crippen LogP contribution in [0.15, 0.2) is 156 Å². The molecular formula is C84H80N4O14S2. The van der Waals surface area contributed by atoms with Crippen molar-refractivity contribution in [1.82, 2.24) is 20.4 Å². The van der Waals surface area contributed by atoms with E-state index >= 15 is 19.2 Å². The third-order valence-electron chi connectivity index (χ3n) is 19.8. The van der Waals surface area contributed by atoms with Crippen LogP contribution in [0.1, 0.15) is 153 Å². The first-order valence-corrected chi connectivity index (χ1v) is 37.4. The molecule has 2 aromatic heterocycles. The predicted octanol–water partition coefficient (Wildman–Crippen LogP) is 17.0. The Kier molecular flexibility index (Phi) is 19.6. The van der Waals surface area contributed by atoms with E-state index in [2.05, 4.69) is 66.0 Å². The van der Waals surface area contributed by atoms with E-state index in [0.29, 0.717) is 94.7 Å². The number of hydrogen-bond donors (Lipinski definition) is 2. The number of nitrogens with one attached hydrogen (secondary N) is 2. The summed E-state index contributed by atoms with van der Waals surface area (Å²) in [4.78, 5) is 99.2. The summed E-state index contributed by atoms with van der Waals surface area (Å²) in [6.45, 7) is 19.7. The lowest BCUT2D eigenvalue weighted by Crippen LogP contribution is -2.52. The summed E-state index contributed by atoms with van der Waals surface area (Å²) in [6, 6.07) is 41.4. The predicted molar refractivity (Wildman–Crippen MR) is 402 cm³/mol. The van der Waals surface area contributed by atoms with E-state index in [1.54, 1.807) is 24.3 Å². The third kappa shape index (κ3) is 13.9. The number of rotatable bonds is 30. The molecule has 18 nitrogen and oxygen atoms in total. The molecule has 11 aromatic rings. The molecule has 6 heterocycles. The van der Waals surface area contributed by atoms with E-state index in [9.17, 15) is 9.59 Å². The second-order valence-corrected chi connectivity index (χ2v) is 30.3. The van der Waals surface area contributed by atoms with Gasteiger partial charge >= 0.3 is 11.9 Å². The van der Waals surface area contributed by atoms with Gasteiger partial charge in [-0.2, -0.15) is 0 Å². The van der Waals surface area contributed by atoms with Crippen LogP contribution in [0.2, 0.25) is 0 Å². The van der Waals surface area contributed by atoms with Crippen molar-refractivity contribution in [3.8, 4) is 46.0 Å². The van der Waals surface area contributed by atoms with Crippen molar-refractivity contribution in [1.29, 1.82) is 0 Å². The van der Waals surface area contributed by atoms with Crippen molar-refractivity contribution >= 4 is 101 Å². The van der Waals surface area contributed by atoms with Crippen LogP contribution in [0.3, 0.4) is 0 Å². The van der Waals surface area contributed by atoms with Crippen LogP contribution in [-0.2, 0) is 41.4 Å². The fraction of sp³-hybridized carbons (Fsp3) is 0.310. The first-order chi connectivity index (χ1) is 50.3. The summed E-state index contributed by atoms with van der Waals surface area (Å²) < 4.78 is 52.1. The lowest BCUT2D eigenvalue weighted by Gasteiger charge is -2.35. The molecule has 4 aliphatic heterocycles. The number of ether oxygens (including phenoxy) is 8. The molecule has 532 valence electrons. The summed E-state index contributed by atoms with van der Waals surface area (Å²) in [5, 5.41) is 12.5. The first kappa shape index (κ1) is 69.6. The van der Waals surface area contributed by atoms with Crippen LogP contribution in [0.5, 0.6) is 46.0 Å². The van der Waals surface area contributed by atoms with Crippen LogP contribution < -0.4 is 29.6 Å². The van der Waals surface area contributed by atoms with E-state index in [-0.39, 0.29) is 118 Å². The van der Waals surface area contributed by atoms with Crippen LogP contribution in [0.4, 0.5) is 0 Å². The maximum Gasteiger partial charge on any atom is 0.329 e. The van der Waals surface area contributed by atoms with Crippen molar-refractivity contribution in [3.05, 3.63) is 211 Å². The highest BCUT2D eigenvalue weighted by Crippen LogP contribution is 2.58. The van der Waals surface area contributed by atoms with E-state index in [1.807, 2.05) is 132 Å². The Morgan fingerprint density at radius 3 is 0.933 bits per heavy atom. The summed E-state index contributed by atoms with van der Waals surface area (Å²) in [5.41, 5.74) is 4.20. The van der Waals surface area contributed by atoms with Gasteiger partial charge in [-0.15, -0.1) is 22.7 Å². The summed E-state index contributed by atoms with van der Waals surface area (Å²) in [5.74, 6) is -2.21. The number of esters is 2. The van der Waals surface area contributed by atoms with Gasteiger partial charge in [-0.25, -0.2) is 9.59 Å². The average Bonchev–Trinajstić information content (AvgIpc) is 0.825. The van der Waals surface area contributed by atoms with E-state index in [4.69, 9.17) is 37.9 Å². The Morgan fingerprint density at radius 1 is 0.413 bits per heavy atom. The highest BCUT2D eigenvalue weighted by atomic mass is 32.1. The maximum atomic E-state index is 16.4. The average molecular weight is 1430 g/mol. The molecule has 0 radical (unpaired) electrons. The summed E-state index contributed by atoms with van der Waals surface area (Å²) in [6.07, 6.45) is 0.0548. The summed E-state index contributed by atoms with van der Waals surface area (Å²) >= 11 is 2.77. The van der Waals surface area contributed by atoms with Gasteiger partial charge in [0.2, 0.25) is 0 Å². The Balaban J connectivity index is 1.04. The zero-order valence-electron chi connectivity index (χ0n) is 59.1. The van der Waals surface area contributed by atoms with Crippen molar-refractivity contribution in [2.75, 3.05) is 52.6 Å². The zero-order chi connectivity index (χ0) is 72.2. The standard InChI is InChI=1S/C84H80N4O14S2/c1-45(2)49-13-21-53(22-14-49)99-67-37-61-71-62(80(90)87(79(61)89)65(35-59-11-9-33-103-59)83(93)95-31-29-85-41-57-43-97-57)39-69(101-55-25-17-51(18-26-55)47(5)6)75-76-70(102-56-27-19-52(20-28-56)48(7)8)40-64-72-63(38-68(74(78(72)76)73(67)77(71)75)100-54-23-15-50(16-24-54)46(3)4)81(91)88(82(64)92)66(36-60-12-10-34-104-60)84(94)96-32-30-86-42-58-44-98-58/h9-28,33-34,37-40,45-48,57-58,65-66,85-86H,29-32,35-36,41-44H2,1-8H3. The fourth-order valence-electron chi connectivity index (χ4n) is 14.0. The molecule has 4 aliphatic rings. The number of imide groups is 2. The van der Waals surface area contributed by atoms with Crippen LogP contribution in [0.25, 0.3) is 43.1 Å². The van der Waals surface area contributed by atoms with E-state index in [0.717, 1.165) is 41.8 Å². The molecule has 0 bridgehead atoms. The smallest absolute Gasteiger partial charge is 0.329 e. The van der Waals surface area contributed by atoms with E-state index < -0.39 is 47.7 Å². The highest BCUT2D eigenvalue weighted by molar-refractivity contribution is 7.10. The van der Waals surface area contributed by atoms with Gasteiger partial charge in [-0.1, -0.05) is 116 Å². The highest BCUT2D eigenvalue weighted by Gasteiger charge is 2.47. The molecule has 4 atom stereocenters. The van der Waals surface area contributed by atoms with Gasteiger partial charge in [0.15, 0.2) is 0 Å². The molecule has 9 aromatic carbocycles. The molecular weight excluding hydrogens is 1350 g/mol. The lowest BCUT2D eigenvalue weighted by molar-refractivity contribution is -0.148. The Bertz CT molecular complexity index is 4530. The first-order valence-electron chi connectivity index (χ1n) is 35.6. The molecule has 104 heavy (non-hydrogen) atoms. The number of thiophene rings is 2. The normalized spacial score (nSPS) is 16.1. The van der Waals surface area contributed by atoms with Gasteiger partial charge in [-0.05, 0) is 142 Å². The van der Waals surface area contributed by atoms with Gasteiger partial charge in [-0.3, -0.25) is 29.0 Å². The van der Waals surface area contributed by atoms with Crippen molar-refractivity contribution in [2.45, 2.75) is 116 Å². The monoisotopic (exact) mass is 1430 g/mol. The van der Waals surface area contributed by atoms with Gasteiger partial charge in [0.05, 0.1) is 47.7 Å². The topological polar surface area (TPSA) is 213 Å². The van der Waals surface area contributed by atoms with Gasteiger partial charge in [0.1, 0.15) is 71.3 Å². The largest absolute Gasteiger partial charge is 0.463 e. The molecule has 2 saturated heterocycles. The molecule has 2 fully saturated rings. The van der Waals surface area contributed by atoms with Crippen LogP contribution in [0, 0.1) is 0 Å². The molecule has 0 spiro atoms. The maximum absolute atomic E-state index is 16.4. The molecule has 0 aliphatic carbocycles. The Labute approximate surface area is 610 Å². The SMILES string of the molecule is CC(C)c1ccc(Oc2cc3c4c(cc(Oc5ccc(C(C)C)cc5)c5c6c(Oc7ccc(C(C)C)cc7)cc7c8c(cc(Oc9ccc(C(C)C)cc9)c(c2c45)c86)C(=O)N(C(Cc2cccs2)C(=O)OCCNCC2CO2)C7=O)C(=O)N(C(Cc2cccs2)C(=O)OCCNCC2CO2)C3=O)cc1. The van der Waals surface area contributed by atoms with Crippen molar-refractivity contribution < 1.29 is 66.7 Å².